The van der Waals surface area contributed by atoms with Gasteiger partial charge in [-0.1, -0.05) is 30.7 Å². The van der Waals surface area contributed by atoms with Crippen LogP contribution in [0.25, 0.3) is 16.8 Å². The third-order valence-corrected chi connectivity index (χ3v) is 5.30. The molecule has 1 amide bonds. The molecular formula is C26H25N5O. The summed E-state index contributed by atoms with van der Waals surface area (Å²) < 4.78 is 0. The van der Waals surface area contributed by atoms with Crippen LogP contribution < -0.4 is 5.32 Å². The van der Waals surface area contributed by atoms with Crippen LogP contribution in [-0.2, 0) is 4.79 Å². The minimum atomic E-state index is -0.106. The van der Waals surface area contributed by atoms with Crippen molar-refractivity contribution in [3.05, 3.63) is 95.9 Å². The van der Waals surface area contributed by atoms with Crippen molar-refractivity contribution in [1.82, 2.24) is 19.9 Å². The van der Waals surface area contributed by atoms with Crippen LogP contribution in [0.1, 0.15) is 37.4 Å². The number of carbonyl (C=O) groups excluding carboxylic acids is 1. The number of aryl methyl sites for hydroxylation is 1. The maximum absolute atomic E-state index is 12.7. The molecule has 6 heteroatoms. The summed E-state index contributed by atoms with van der Waals surface area (Å²) in [6.45, 7) is 4.16. The zero-order valence-electron chi connectivity index (χ0n) is 18.2. The summed E-state index contributed by atoms with van der Waals surface area (Å²) in [5, 5.41) is 2.89. The molecule has 1 aliphatic rings. The van der Waals surface area contributed by atoms with E-state index in [4.69, 9.17) is 0 Å². The van der Waals surface area contributed by atoms with Gasteiger partial charge in [0.2, 0.25) is 5.91 Å². The monoisotopic (exact) mass is 423 g/mol. The first-order valence-corrected chi connectivity index (χ1v) is 10.7. The van der Waals surface area contributed by atoms with Crippen LogP contribution >= 0.6 is 0 Å². The average Bonchev–Trinajstić information content (AvgIpc) is 3.02. The van der Waals surface area contributed by atoms with Crippen molar-refractivity contribution in [2.45, 2.75) is 33.1 Å². The smallest absolute Gasteiger partial charge is 0.229 e. The summed E-state index contributed by atoms with van der Waals surface area (Å²) in [7, 11) is 0. The first-order valence-electron chi connectivity index (χ1n) is 10.7. The first-order chi connectivity index (χ1) is 15.6. The van der Waals surface area contributed by atoms with Crippen molar-refractivity contribution >= 4 is 17.3 Å². The number of pyridine rings is 2. The van der Waals surface area contributed by atoms with E-state index in [1.54, 1.807) is 30.9 Å². The van der Waals surface area contributed by atoms with Gasteiger partial charge in [0, 0.05) is 36.0 Å². The second-order valence-corrected chi connectivity index (χ2v) is 7.63. The lowest BCUT2D eigenvalue weighted by Crippen LogP contribution is -2.13. The Morgan fingerprint density at radius 1 is 1.03 bits per heavy atom. The van der Waals surface area contributed by atoms with Crippen LogP contribution in [0.5, 0.6) is 0 Å². The van der Waals surface area contributed by atoms with Crippen molar-refractivity contribution in [1.29, 1.82) is 0 Å². The number of amides is 1. The van der Waals surface area contributed by atoms with E-state index in [1.807, 2.05) is 31.3 Å². The summed E-state index contributed by atoms with van der Waals surface area (Å²) in [5.74, 6) is 0.404. The van der Waals surface area contributed by atoms with Gasteiger partial charge in [-0.15, -0.1) is 0 Å². The van der Waals surface area contributed by atoms with E-state index in [0.717, 1.165) is 40.9 Å². The Hall–Kier alpha value is -3.93. The fourth-order valence-electron chi connectivity index (χ4n) is 3.68. The van der Waals surface area contributed by atoms with Crippen LogP contribution in [-0.4, -0.2) is 25.8 Å². The van der Waals surface area contributed by atoms with Gasteiger partial charge in [0.1, 0.15) is 5.82 Å². The van der Waals surface area contributed by atoms with Gasteiger partial charge < -0.3 is 5.32 Å². The van der Waals surface area contributed by atoms with E-state index in [-0.39, 0.29) is 12.3 Å². The highest BCUT2D eigenvalue weighted by Crippen LogP contribution is 2.30. The third kappa shape index (κ3) is 5.21. The molecule has 0 fully saturated rings. The largest absolute Gasteiger partial charge is 0.310 e. The van der Waals surface area contributed by atoms with E-state index in [2.05, 4.69) is 50.4 Å². The number of hydrogen-bond donors (Lipinski definition) is 1. The predicted molar refractivity (Wildman–Crippen MR) is 127 cm³/mol. The maximum Gasteiger partial charge on any atom is 0.229 e. The highest BCUT2D eigenvalue weighted by atomic mass is 16.1. The number of allylic oxidation sites excluding steroid dienone is 5. The molecular weight excluding hydrogens is 398 g/mol. The zero-order chi connectivity index (χ0) is 22.3. The second-order valence-electron chi connectivity index (χ2n) is 7.63. The minimum absolute atomic E-state index is 0.106. The predicted octanol–water partition coefficient (Wildman–Crippen LogP) is 5.32. The number of aromatic nitrogens is 4. The fourth-order valence-corrected chi connectivity index (χ4v) is 3.68. The summed E-state index contributed by atoms with van der Waals surface area (Å²) in [6, 6.07) is 7.77. The van der Waals surface area contributed by atoms with E-state index in [1.165, 1.54) is 11.1 Å². The third-order valence-electron chi connectivity index (χ3n) is 5.30. The van der Waals surface area contributed by atoms with E-state index in [0.29, 0.717) is 5.82 Å². The van der Waals surface area contributed by atoms with Crippen LogP contribution in [0.15, 0.2) is 84.6 Å². The molecule has 0 aliphatic heterocycles. The van der Waals surface area contributed by atoms with Gasteiger partial charge in [0.25, 0.3) is 0 Å². The molecule has 0 bridgehead atoms. The lowest BCUT2D eigenvalue weighted by Gasteiger charge is -2.11. The van der Waals surface area contributed by atoms with Crippen LogP contribution in [0.2, 0.25) is 0 Å². The molecule has 6 nitrogen and oxygen atoms in total. The fraction of sp³-hybridized carbons (Fsp3) is 0.192. The van der Waals surface area contributed by atoms with Crippen LogP contribution in [0.4, 0.5) is 5.82 Å². The first kappa shape index (κ1) is 21.3. The Kier molecular flexibility index (Phi) is 6.60. The minimum Gasteiger partial charge on any atom is -0.310 e. The molecule has 3 aromatic heterocycles. The molecule has 0 unspecified atom stereocenters. The van der Waals surface area contributed by atoms with Crippen molar-refractivity contribution in [2.24, 2.45) is 0 Å². The Balaban J connectivity index is 1.49. The molecule has 0 saturated carbocycles. The Bertz CT molecular complexity index is 1190. The number of hydrogen-bond acceptors (Lipinski definition) is 5. The van der Waals surface area contributed by atoms with Crippen LogP contribution in [0.3, 0.4) is 0 Å². The lowest BCUT2D eigenvalue weighted by molar-refractivity contribution is -0.115. The van der Waals surface area contributed by atoms with E-state index >= 15 is 0 Å². The number of nitrogens with one attached hydrogen (secondary N) is 1. The molecule has 3 heterocycles. The van der Waals surface area contributed by atoms with Gasteiger partial charge >= 0.3 is 0 Å². The van der Waals surface area contributed by atoms with Gasteiger partial charge in [0.15, 0.2) is 0 Å². The number of nitrogens with zero attached hydrogens (tertiary/aromatic N) is 4. The molecule has 160 valence electrons. The molecule has 3 aromatic rings. The number of carbonyl (C=O) groups is 1. The summed E-state index contributed by atoms with van der Waals surface area (Å²) >= 11 is 0. The number of anilines is 1. The highest BCUT2D eigenvalue weighted by molar-refractivity contribution is 5.93. The standard InChI is InChI=1S/C26H25N5O/c1-3-20-6-4-5-19(14-23(20)21-9-10-28-18(2)13-21)15-26(32)31-25-8-7-22(16-30-25)24-17-27-11-12-29-24/h4-5,7-14,16-17H,3,6,15H2,1-2H3,(H,30,31,32). The van der Waals surface area contributed by atoms with Crippen molar-refractivity contribution < 1.29 is 4.79 Å². The second kappa shape index (κ2) is 9.92. The van der Waals surface area contributed by atoms with Crippen molar-refractivity contribution in [2.75, 3.05) is 5.32 Å². The van der Waals surface area contributed by atoms with Gasteiger partial charge in [-0.05, 0) is 60.7 Å². The maximum atomic E-state index is 12.7. The highest BCUT2D eigenvalue weighted by Gasteiger charge is 2.13. The van der Waals surface area contributed by atoms with Crippen LogP contribution in [0, 0.1) is 6.92 Å². The van der Waals surface area contributed by atoms with E-state index in [9.17, 15) is 4.79 Å². The lowest BCUT2D eigenvalue weighted by atomic mass is 9.95. The Labute approximate surface area is 187 Å². The van der Waals surface area contributed by atoms with Crippen molar-refractivity contribution in [3.8, 4) is 11.3 Å². The number of rotatable bonds is 6. The molecule has 0 saturated heterocycles. The Morgan fingerprint density at radius 2 is 1.94 bits per heavy atom. The molecule has 0 atom stereocenters. The SMILES string of the molecule is CCC1=C(c2ccnc(C)c2)C=C(CC(=O)Nc2ccc(-c3cnccn3)cn2)C=CC1. The Morgan fingerprint density at radius 3 is 2.66 bits per heavy atom. The van der Waals surface area contributed by atoms with E-state index < -0.39 is 0 Å². The quantitative estimate of drug-likeness (QED) is 0.580. The summed E-state index contributed by atoms with van der Waals surface area (Å²) in [6.07, 6.45) is 16.9. The van der Waals surface area contributed by atoms with Crippen molar-refractivity contribution in [3.63, 3.8) is 0 Å². The van der Waals surface area contributed by atoms with Gasteiger partial charge in [-0.25, -0.2) is 4.98 Å². The normalized spacial score (nSPS) is 13.5. The molecule has 4 rings (SSSR count). The molecule has 0 radical (unpaired) electrons. The molecule has 0 spiro atoms. The molecule has 32 heavy (non-hydrogen) atoms. The molecule has 0 aromatic carbocycles. The zero-order valence-corrected chi connectivity index (χ0v) is 18.2. The summed E-state index contributed by atoms with van der Waals surface area (Å²) in [5.41, 5.74) is 7.19. The molecule has 1 N–H and O–H groups in total. The average molecular weight is 424 g/mol. The van der Waals surface area contributed by atoms with Gasteiger partial charge in [-0.3, -0.25) is 19.7 Å². The van der Waals surface area contributed by atoms with Gasteiger partial charge in [-0.2, -0.15) is 0 Å². The topological polar surface area (TPSA) is 80.7 Å². The molecule has 1 aliphatic carbocycles. The van der Waals surface area contributed by atoms with Gasteiger partial charge in [0.05, 0.1) is 18.3 Å². The summed E-state index contributed by atoms with van der Waals surface area (Å²) in [4.78, 5) is 29.7.